The molecule has 1 aromatic heterocycles. The molecule has 236 valence electrons. The predicted octanol–water partition coefficient (Wildman–Crippen LogP) is 12.1. The minimum atomic E-state index is -0.326. The lowest BCUT2D eigenvalue weighted by Crippen LogP contribution is -2.25. The molecule has 9 rings (SSSR count). The Hall–Kier alpha value is -6.02. The summed E-state index contributed by atoms with van der Waals surface area (Å²) < 4.78 is 0. The van der Waals surface area contributed by atoms with Crippen molar-refractivity contribution >= 4 is 33.4 Å². The Balaban J connectivity index is 1.21. The van der Waals surface area contributed by atoms with E-state index in [0.29, 0.717) is 11.4 Å². The van der Waals surface area contributed by atoms with Gasteiger partial charge >= 0.3 is 0 Å². The van der Waals surface area contributed by atoms with E-state index in [1.54, 1.807) is 11.8 Å². The number of nitrogens with zero attached hydrogens (tertiary/aromatic N) is 3. The monoisotopic (exact) mass is 657 g/mol. The number of fused-ring (bicyclic) bond motifs is 4. The van der Waals surface area contributed by atoms with Gasteiger partial charge in [0.1, 0.15) is 6.07 Å². The standard InChI is InChI=1S/C46H31N3S/c1-46(2)39-19-8-10-21-41(39)50-44-32(28-47)26-27-36(42(44)46)35-15-5-6-16-37(35)45-48-40-20-9-7-17-38(40)43(49-45)31-24-22-30(23-25-31)34-18-11-13-29-12-3-4-14-33(29)34/h3-27H,1-2H3. The van der Waals surface area contributed by atoms with E-state index in [1.807, 2.05) is 18.2 Å². The smallest absolute Gasteiger partial charge is 0.161 e. The molecular weight excluding hydrogens is 627 g/mol. The van der Waals surface area contributed by atoms with Gasteiger partial charge < -0.3 is 0 Å². The van der Waals surface area contributed by atoms with E-state index >= 15 is 0 Å². The van der Waals surface area contributed by atoms with Gasteiger partial charge in [-0.2, -0.15) is 5.26 Å². The number of benzene rings is 7. The van der Waals surface area contributed by atoms with E-state index in [-0.39, 0.29) is 5.41 Å². The highest BCUT2D eigenvalue weighted by Gasteiger charge is 2.37. The fourth-order valence-corrected chi connectivity index (χ4v) is 9.04. The molecule has 1 aliphatic rings. The van der Waals surface area contributed by atoms with Crippen LogP contribution in [-0.2, 0) is 5.41 Å². The van der Waals surface area contributed by atoms with Crippen molar-refractivity contribution in [1.82, 2.24) is 9.97 Å². The minimum Gasteiger partial charge on any atom is -0.228 e. The van der Waals surface area contributed by atoms with Gasteiger partial charge in [0.25, 0.3) is 0 Å². The third-order valence-electron chi connectivity index (χ3n) is 10.00. The first-order valence-electron chi connectivity index (χ1n) is 16.8. The summed E-state index contributed by atoms with van der Waals surface area (Å²) in [6.45, 7) is 4.54. The van der Waals surface area contributed by atoms with Crippen LogP contribution >= 0.6 is 11.8 Å². The van der Waals surface area contributed by atoms with E-state index < -0.39 is 0 Å². The molecule has 0 amide bonds. The molecule has 0 atom stereocenters. The van der Waals surface area contributed by atoms with Crippen molar-refractivity contribution in [2.75, 3.05) is 0 Å². The van der Waals surface area contributed by atoms with Gasteiger partial charge in [-0.05, 0) is 62.4 Å². The Bertz CT molecular complexity index is 2660. The Morgan fingerprint density at radius 2 is 1.22 bits per heavy atom. The maximum atomic E-state index is 10.2. The summed E-state index contributed by atoms with van der Waals surface area (Å²) >= 11 is 1.69. The molecule has 7 aromatic carbocycles. The van der Waals surface area contributed by atoms with Crippen LogP contribution in [0.15, 0.2) is 161 Å². The largest absolute Gasteiger partial charge is 0.228 e. The number of hydrogen-bond acceptors (Lipinski definition) is 4. The zero-order valence-corrected chi connectivity index (χ0v) is 28.5. The van der Waals surface area contributed by atoms with E-state index in [4.69, 9.17) is 9.97 Å². The van der Waals surface area contributed by atoms with Gasteiger partial charge in [-0.25, -0.2) is 9.97 Å². The summed E-state index contributed by atoms with van der Waals surface area (Å²) in [5.74, 6) is 0.673. The highest BCUT2D eigenvalue weighted by Crippen LogP contribution is 2.54. The summed E-state index contributed by atoms with van der Waals surface area (Å²) in [5, 5.41) is 13.7. The third-order valence-corrected chi connectivity index (χ3v) is 11.2. The van der Waals surface area contributed by atoms with Crippen molar-refractivity contribution in [2.45, 2.75) is 29.1 Å². The number of para-hydroxylation sites is 1. The fourth-order valence-electron chi connectivity index (χ4n) is 7.55. The molecule has 0 saturated carbocycles. The minimum absolute atomic E-state index is 0.326. The van der Waals surface area contributed by atoms with Crippen LogP contribution in [0.25, 0.3) is 66.6 Å². The van der Waals surface area contributed by atoms with Crippen LogP contribution in [-0.4, -0.2) is 9.97 Å². The van der Waals surface area contributed by atoms with Gasteiger partial charge in [-0.3, -0.25) is 0 Å². The van der Waals surface area contributed by atoms with Gasteiger partial charge in [0.15, 0.2) is 5.82 Å². The van der Waals surface area contributed by atoms with Crippen molar-refractivity contribution in [2.24, 2.45) is 0 Å². The van der Waals surface area contributed by atoms with Crippen molar-refractivity contribution in [3.63, 3.8) is 0 Å². The topological polar surface area (TPSA) is 49.6 Å². The Morgan fingerprint density at radius 3 is 2.06 bits per heavy atom. The first kappa shape index (κ1) is 30.1. The number of nitriles is 1. The number of hydrogen-bond donors (Lipinski definition) is 0. The lowest BCUT2D eigenvalue weighted by molar-refractivity contribution is 0.608. The maximum absolute atomic E-state index is 10.2. The average Bonchev–Trinajstić information content (AvgIpc) is 3.17. The predicted molar refractivity (Wildman–Crippen MR) is 206 cm³/mol. The SMILES string of the molecule is CC1(C)c2ccccc2Sc2c(C#N)ccc(-c3ccccc3-c3nc(-c4ccc(-c5cccc6ccccc56)cc4)c4ccccc4n3)c21. The van der Waals surface area contributed by atoms with E-state index in [2.05, 4.69) is 153 Å². The first-order valence-corrected chi connectivity index (χ1v) is 17.6. The molecule has 0 unspecified atom stereocenters. The van der Waals surface area contributed by atoms with Crippen molar-refractivity contribution < 1.29 is 0 Å². The Morgan fingerprint density at radius 1 is 0.560 bits per heavy atom. The summed E-state index contributed by atoms with van der Waals surface area (Å²) in [7, 11) is 0. The van der Waals surface area contributed by atoms with Crippen LogP contribution in [0.5, 0.6) is 0 Å². The van der Waals surface area contributed by atoms with Gasteiger partial charge in [0, 0.05) is 31.7 Å². The molecule has 0 radical (unpaired) electrons. The fraction of sp³-hybridized carbons (Fsp3) is 0.0652. The van der Waals surface area contributed by atoms with Gasteiger partial charge in [0.2, 0.25) is 0 Å². The summed E-state index contributed by atoms with van der Waals surface area (Å²) in [6.07, 6.45) is 0. The van der Waals surface area contributed by atoms with Crippen molar-refractivity contribution in [3.05, 3.63) is 168 Å². The second-order valence-corrected chi connectivity index (χ2v) is 14.3. The van der Waals surface area contributed by atoms with Crippen LogP contribution in [0.3, 0.4) is 0 Å². The zero-order valence-electron chi connectivity index (χ0n) is 27.7. The normalized spacial score (nSPS) is 13.1. The van der Waals surface area contributed by atoms with E-state index in [0.717, 1.165) is 49.3 Å². The highest BCUT2D eigenvalue weighted by molar-refractivity contribution is 7.99. The van der Waals surface area contributed by atoms with E-state index in [1.165, 1.54) is 32.4 Å². The number of rotatable bonds is 4. The average molecular weight is 658 g/mol. The lowest BCUT2D eigenvalue weighted by Gasteiger charge is -2.37. The van der Waals surface area contributed by atoms with Crippen LogP contribution in [0, 0.1) is 11.3 Å². The van der Waals surface area contributed by atoms with E-state index in [9.17, 15) is 5.26 Å². The molecule has 0 saturated heterocycles. The quantitative estimate of drug-likeness (QED) is 0.189. The Kier molecular flexibility index (Phi) is 7.12. The van der Waals surface area contributed by atoms with Gasteiger partial charge in [0.05, 0.1) is 16.8 Å². The molecule has 4 heteroatoms. The summed E-state index contributed by atoms with van der Waals surface area (Å²) in [6, 6.07) is 55.5. The molecule has 0 spiro atoms. The van der Waals surface area contributed by atoms with Crippen LogP contribution < -0.4 is 0 Å². The highest BCUT2D eigenvalue weighted by atomic mass is 32.2. The molecule has 0 fully saturated rings. The van der Waals surface area contributed by atoms with Gasteiger partial charge in [-0.1, -0.05) is 159 Å². The molecule has 0 N–H and O–H groups in total. The first-order chi connectivity index (χ1) is 24.5. The molecular formula is C46H31N3S. The van der Waals surface area contributed by atoms with Gasteiger partial charge in [-0.15, -0.1) is 0 Å². The molecule has 3 nitrogen and oxygen atoms in total. The second-order valence-electron chi connectivity index (χ2n) is 13.3. The maximum Gasteiger partial charge on any atom is 0.161 e. The molecule has 1 aliphatic heterocycles. The zero-order chi connectivity index (χ0) is 33.8. The second kappa shape index (κ2) is 11.8. The molecule has 50 heavy (non-hydrogen) atoms. The summed E-state index contributed by atoms with van der Waals surface area (Å²) in [5.41, 5.74) is 11.1. The third kappa shape index (κ3) is 4.82. The molecule has 0 bridgehead atoms. The number of aromatic nitrogens is 2. The molecule has 2 heterocycles. The molecule has 0 aliphatic carbocycles. The van der Waals surface area contributed by atoms with Crippen LogP contribution in [0.2, 0.25) is 0 Å². The van der Waals surface area contributed by atoms with Crippen LogP contribution in [0.4, 0.5) is 0 Å². The van der Waals surface area contributed by atoms with Crippen molar-refractivity contribution in [1.29, 1.82) is 5.26 Å². The van der Waals surface area contributed by atoms with Crippen molar-refractivity contribution in [3.8, 4) is 51.0 Å². The summed E-state index contributed by atoms with van der Waals surface area (Å²) in [4.78, 5) is 12.7. The Labute approximate surface area is 295 Å². The molecule has 8 aromatic rings. The lowest BCUT2D eigenvalue weighted by atomic mass is 9.73. The van der Waals surface area contributed by atoms with Crippen LogP contribution in [0.1, 0.15) is 30.5 Å².